The SMILES string of the molecule is C1=NC2(CCNCC2)c2c[nH]cc21. The van der Waals surface area contributed by atoms with Gasteiger partial charge in [0.15, 0.2) is 0 Å². The summed E-state index contributed by atoms with van der Waals surface area (Å²) >= 11 is 0. The van der Waals surface area contributed by atoms with Crippen molar-refractivity contribution < 1.29 is 0 Å². The minimum Gasteiger partial charge on any atom is -0.367 e. The van der Waals surface area contributed by atoms with Crippen LogP contribution < -0.4 is 5.32 Å². The lowest BCUT2D eigenvalue weighted by Crippen LogP contribution is -2.37. The molecule has 3 heterocycles. The molecule has 1 aromatic heterocycles. The van der Waals surface area contributed by atoms with Gasteiger partial charge in [0.1, 0.15) is 0 Å². The molecule has 2 aliphatic heterocycles. The smallest absolute Gasteiger partial charge is 0.0901 e. The summed E-state index contributed by atoms with van der Waals surface area (Å²) in [5.41, 5.74) is 2.79. The number of hydrogen-bond acceptors (Lipinski definition) is 2. The molecule has 1 aromatic rings. The van der Waals surface area contributed by atoms with Crippen LogP contribution in [0.25, 0.3) is 0 Å². The van der Waals surface area contributed by atoms with E-state index in [1.54, 1.807) is 0 Å². The van der Waals surface area contributed by atoms with Gasteiger partial charge in [-0.05, 0) is 25.9 Å². The highest BCUT2D eigenvalue weighted by atomic mass is 15.0. The molecule has 13 heavy (non-hydrogen) atoms. The lowest BCUT2D eigenvalue weighted by atomic mass is 9.84. The molecule has 3 rings (SSSR count). The molecule has 1 saturated heterocycles. The molecule has 2 N–H and O–H groups in total. The summed E-state index contributed by atoms with van der Waals surface area (Å²) in [5.74, 6) is 0. The van der Waals surface area contributed by atoms with Crippen molar-refractivity contribution in [2.75, 3.05) is 13.1 Å². The molecule has 68 valence electrons. The summed E-state index contributed by atoms with van der Waals surface area (Å²) < 4.78 is 0. The number of hydrogen-bond donors (Lipinski definition) is 2. The largest absolute Gasteiger partial charge is 0.367 e. The van der Waals surface area contributed by atoms with E-state index in [0.29, 0.717) is 0 Å². The van der Waals surface area contributed by atoms with E-state index in [2.05, 4.69) is 21.5 Å². The van der Waals surface area contributed by atoms with Crippen LogP contribution in [0.15, 0.2) is 17.4 Å². The van der Waals surface area contributed by atoms with Crippen LogP contribution in [0.3, 0.4) is 0 Å². The third kappa shape index (κ3) is 0.907. The molecule has 0 atom stereocenters. The minimum atomic E-state index is 0.112. The molecular formula is C10H13N3. The molecule has 3 nitrogen and oxygen atoms in total. The maximum atomic E-state index is 4.67. The Labute approximate surface area is 77.3 Å². The van der Waals surface area contributed by atoms with Crippen LogP contribution >= 0.6 is 0 Å². The molecule has 0 unspecified atom stereocenters. The topological polar surface area (TPSA) is 40.2 Å². The first-order valence-electron chi connectivity index (χ1n) is 4.84. The Bertz CT molecular complexity index is 345. The number of fused-ring (bicyclic) bond motifs is 2. The average Bonchev–Trinajstić information content (AvgIpc) is 2.73. The van der Waals surface area contributed by atoms with Crippen LogP contribution in [0, 0.1) is 0 Å². The van der Waals surface area contributed by atoms with Gasteiger partial charge in [0.25, 0.3) is 0 Å². The van der Waals surface area contributed by atoms with Gasteiger partial charge < -0.3 is 10.3 Å². The standard InChI is InChI=1S/C10H13N3/c1-3-11-4-2-10(1)9-7-12-5-8(9)6-13-10/h5-7,11-12H,1-4H2. The lowest BCUT2D eigenvalue weighted by Gasteiger charge is -2.31. The number of aromatic nitrogens is 1. The minimum absolute atomic E-state index is 0.112. The number of H-pyrrole nitrogens is 1. The molecular weight excluding hydrogens is 162 g/mol. The second-order valence-corrected chi connectivity index (χ2v) is 3.86. The van der Waals surface area contributed by atoms with E-state index < -0.39 is 0 Å². The zero-order valence-corrected chi connectivity index (χ0v) is 7.51. The van der Waals surface area contributed by atoms with Gasteiger partial charge in [0, 0.05) is 29.7 Å². The van der Waals surface area contributed by atoms with Crippen LogP contribution in [-0.2, 0) is 5.54 Å². The molecule has 0 amide bonds. The fourth-order valence-corrected chi connectivity index (χ4v) is 2.39. The van der Waals surface area contributed by atoms with Crippen molar-refractivity contribution >= 4 is 6.21 Å². The highest BCUT2D eigenvalue weighted by molar-refractivity contribution is 5.86. The van der Waals surface area contributed by atoms with Crippen molar-refractivity contribution in [3.8, 4) is 0 Å². The van der Waals surface area contributed by atoms with Crippen molar-refractivity contribution in [2.45, 2.75) is 18.4 Å². The fraction of sp³-hybridized carbons (Fsp3) is 0.500. The summed E-state index contributed by atoms with van der Waals surface area (Å²) in [4.78, 5) is 7.83. The van der Waals surface area contributed by atoms with Gasteiger partial charge in [-0.15, -0.1) is 0 Å². The molecule has 0 bridgehead atoms. The Balaban J connectivity index is 2.05. The van der Waals surface area contributed by atoms with E-state index in [9.17, 15) is 0 Å². The van der Waals surface area contributed by atoms with E-state index in [1.807, 2.05) is 12.4 Å². The number of nitrogens with one attached hydrogen (secondary N) is 2. The van der Waals surface area contributed by atoms with Gasteiger partial charge in [-0.3, -0.25) is 4.99 Å². The van der Waals surface area contributed by atoms with E-state index >= 15 is 0 Å². The molecule has 0 radical (unpaired) electrons. The Kier molecular flexibility index (Phi) is 1.38. The Hall–Kier alpha value is -1.09. The number of aliphatic imine (C=N–C) groups is 1. The predicted octanol–water partition coefficient (Wildman–Crippen LogP) is 1.03. The van der Waals surface area contributed by atoms with Crippen LogP contribution in [0.2, 0.25) is 0 Å². The zero-order valence-electron chi connectivity index (χ0n) is 7.51. The van der Waals surface area contributed by atoms with E-state index in [4.69, 9.17) is 0 Å². The second kappa shape index (κ2) is 2.45. The second-order valence-electron chi connectivity index (χ2n) is 3.86. The van der Waals surface area contributed by atoms with Gasteiger partial charge in [0.05, 0.1) is 5.54 Å². The summed E-state index contributed by atoms with van der Waals surface area (Å²) in [5, 5.41) is 3.37. The molecule has 3 heteroatoms. The molecule has 2 aliphatic rings. The Morgan fingerprint density at radius 3 is 2.92 bits per heavy atom. The molecule has 0 aromatic carbocycles. The van der Waals surface area contributed by atoms with Gasteiger partial charge in [-0.2, -0.15) is 0 Å². The number of piperidine rings is 1. The van der Waals surface area contributed by atoms with Crippen LogP contribution in [0.4, 0.5) is 0 Å². The maximum Gasteiger partial charge on any atom is 0.0901 e. The van der Waals surface area contributed by atoms with E-state index in [1.165, 1.54) is 11.1 Å². The van der Waals surface area contributed by atoms with Crippen molar-refractivity contribution in [3.63, 3.8) is 0 Å². The van der Waals surface area contributed by atoms with Crippen molar-refractivity contribution in [1.82, 2.24) is 10.3 Å². The van der Waals surface area contributed by atoms with Gasteiger partial charge in [-0.1, -0.05) is 0 Å². The normalized spacial score (nSPS) is 23.7. The highest BCUT2D eigenvalue weighted by Crippen LogP contribution is 2.39. The summed E-state index contributed by atoms with van der Waals surface area (Å²) in [6.45, 7) is 2.17. The predicted molar refractivity (Wildman–Crippen MR) is 52.2 cm³/mol. The molecule has 0 aliphatic carbocycles. The van der Waals surface area contributed by atoms with Gasteiger partial charge in [0.2, 0.25) is 0 Å². The monoisotopic (exact) mass is 175 g/mol. The van der Waals surface area contributed by atoms with Gasteiger partial charge in [-0.25, -0.2) is 0 Å². The molecule has 1 spiro atoms. The fourth-order valence-electron chi connectivity index (χ4n) is 2.39. The number of aromatic amines is 1. The van der Waals surface area contributed by atoms with Crippen LogP contribution in [-0.4, -0.2) is 24.3 Å². The summed E-state index contributed by atoms with van der Waals surface area (Å²) in [7, 11) is 0. The lowest BCUT2D eigenvalue weighted by molar-refractivity contribution is 0.326. The number of nitrogens with zero attached hydrogens (tertiary/aromatic N) is 1. The highest BCUT2D eigenvalue weighted by Gasteiger charge is 2.37. The summed E-state index contributed by atoms with van der Waals surface area (Å²) in [6.07, 6.45) is 8.42. The zero-order chi connectivity index (χ0) is 8.73. The first-order valence-corrected chi connectivity index (χ1v) is 4.84. The first kappa shape index (κ1) is 7.33. The van der Waals surface area contributed by atoms with Crippen molar-refractivity contribution in [1.29, 1.82) is 0 Å². The van der Waals surface area contributed by atoms with E-state index in [-0.39, 0.29) is 5.54 Å². The third-order valence-corrected chi connectivity index (χ3v) is 3.16. The Morgan fingerprint density at radius 1 is 1.23 bits per heavy atom. The quantitative estimate of drug-likeness (QED) is 0.607. The van der Waals surface area contributed by atoms with Crippen LogP contribution in [0.5, 0.6) is 0 Å². The first-order chi connectivity index (χ1) is 6.41. The third-order valence-electron chi connectivity index (χ3n) is 3.16. The average molecular weight is 175 g/mol. The maximum absolute atomic E-state index is 4.67. The number of rotatable bonds is 0. The molecule has 0 saturated carbocycles. The Morgan fingerprint density at radius 2 is 2.08 bits per heavy atom. The van der Waals surface area contributed by atoms with Crippen molar-refractivity contribution in [3.05, 3.63) is 23.5 Å². The molecule has 1 fully saturated rings. The van der Waals surface area contributed by atoms with Crippen molar-refractivity contribution in [2.24, 2.45) is 4.99 Å². The van der Waals surface area contributed by atoms with Gasteiger partial charge >= 0.3 is 0 Å². The summed E-state index contributed by atoms with van der Waals surface area (Å²) in [6, 6.07) is 0. The van der Waals surface area contributed by atoms with E-state index in [0.717, 1.165) is 25.9 Å². The van der Waals surface area contributed by atoms with Crippen LogP contribution in [0.1, 0.15) is 24.0 Å².